The van der Waals surface area contributed by atoms with E-state index in [1.54, 1.807) is 11.3 Å². The SMILES string of the molecule is CCCC(O)C(O)c1csc(C)c1. The van der Waals surface area contributed by atoms with Crippen LogP contribution < -0.4 is 0 Å². The van der Waals surface area contributed by atoms with E-state index in [1.807, 2.05) is 25.3 Å². The zero-order chi connectivity index (χ0) is 9.84. The molecule has 1 aromatic heterocycles. The van der Waals surface area contributed by atoms with Crippen molar-refractivity contribution in [3.63, 3.8) is 0 Å². The highest BCUT2D eigenvalue weighted by atomic mass is 32.1. The van der Waals surface area contributed by atoms with Gasteiger partial charge in [-0.05, 0) is 30.4 Å². The maximum Gasteiger partial charge on any atom is 0.106 e. The minimum atomic E-state index is -0.718. The molecule has 0 fully saturated rings. The number of hydrogen-bond acceptors (Lipinski definition) is 3. The Balaban J connectivity index is 2.61. The first-order valence-corrected chi connectivity index (χ1v) is 5.44. The summed E-state index contributed by atoms with van der Waals surface area (Å²) in [6.45, 7) is 3.99. The third-order valence-electron chi connectivity index (χ3n) is 2.04. The van der Waals surface area contributed by atoms with E-state index in [4.69, 9.17) is 0 Å². The fourth-order valence-electron chi connectivity index (χ4n) is 1.29. The minimum Gasteiger partial charge on any atom is -0.390 e. The molecule has 0 saturated heterocycles. The summed E-state index contributed by atoms with van der Waals surface area (Å²) < 4.78 is 0. The van der Waals surface area contributed by atoms with E-state index >= 15 is 0 Å². The Morgan fingerprint density at radius 2 is 2.15 bits per heavy atom. The van der Waals surface area contributed by atoms with E-state index in [2.05, 4.69) is 0 Å². The molecule has 1 aromatic rings. The molecule has 13 heavy (non-hydrogen) atoms. The van der Waals surface area contributed by atoms with Crippen molar-refractivity contribution in [3.05, 3.63) is 21.9 Å². The zero-order valence-corrected chi connectivity index (χ0v) is 8.84. The lowest BCUT2D eigenvalue weighted by Crippen LogP contribution is -2.17. The number of aryl methyl sites for hydroxylation is 1. The van der Waals surface area contributed by atoms with E-state index in [-0.39, 0.29) is 0 Å². The molecule has 0 aliphatic heterocycles. The van der Waals surface area contributed by atoms with Crippen LogP contribution >= 0.6 is 11.3 Å². The lowest BCUT2D eigenvalue weighted by molar-refractivity contribution is 0.0133. The zero-order valence-electron chi connectivity index (χ0n) is 8.03. The molecular weight excluding hydrogens is 184 g/mol. The van der Waals surface area contributed by atoms with Crippen molar-refractivity contribution >= 4 is 11.3 Å². The Morgan fingerprint density at radius 3 is 2.62 bits per heavy atom. The summed E-state index contributed by atoms with van der Waals surface area (Å²) in [5.74, 6) is 0. The third kappa shape index (κ3) is 2.79. The van der Waals surface area contributed by atoms with Crippen LogP contribution in [0.25, 0.3) is 0 Å². The third-order valence-corrected chi connectivity index (χ3v) is 2.92. The van der Waals surface area contributed by atoms with E-state index in [9.17, 15) is 10.2 Å². The van der Waals surface area contributed by atoms with Gasteiger partial charge in [0.25, 0.3) is 0 Å². The van der Waals surface area contributed by atoms with Gasteiger partial charge in [-0.2, -0.15) is 0 Å². The molecule has 2 unspecified atom stereocenters. The first kappa shape index (κ1) is 10.7. The smallest absolute Gasteiger partial charge is 0.106 e. The second kappa shape index (κ2) is 4.74. The van der Waals surface area contributed by atoms with Crippen LogP contribution in [0.2, 0.25) is 0 Å². The Kier molecular flexibility index (Phi) is 3.90. The van der Waals surface area contributed by atoms with Crippen molar-refractivity contribution in [1.29, 1.82) is 0 Å². The Bertz CT molecular complexity index is 257. The predicted octanol–water partition coefficient (Wildman–Crippen LogP) is 2.25. The van der Waals surface area contributed by atoms with Gasteiger partial charge in [-0.3, -0.25) is 0 Å². The summed E-state index contributed by atoms with van der Waals surface area (Å²) in [7, 11) is 0. The first-order chi connectivity index (χ1) is 6.15. The number of hydrogen-bond donors (Lipinski definition) is 2. The van der Waals surface area contributed by atoms with Crippen LogP contribution in [0, 0.1) is 6.92 Å². The van der Waals surface area contributed by atoms with Crippen LogP contribution in [0.3, 0.4) is 0 Å². The Labute approximate surface area is 82.8 Å². The predicted molar refractivity (Wildman–Crippen MR) is 54.9 cm³/mol. The van der Waals surface area contributed by atoms with E-state index in [1.165, 1.54) is 0 Å². The monoisotopic (exact) mass is 200 g/mol. The van der Waals surface area contributed by atoms with Crippen molar-refractivity contribution in [2.75, 3.05) is 0 Å². The van der Waals surface area contributed by atoms with Crippen LogP contribution in [0.15, 0.2) is 11.4 Å². The average molecular weight is 200 g/mol. The lowest BCUT2D eigenvalue weighted by atomic mass is 10.0. The fraction of sp³-hybridized carbons (Fsp3) is 0.600. The summed E-state index contributed by atoms with van der Waals surface area (Å²) >= 11 is 1.60. The number of thiophene rings is 1. The normalized spacial score (nSPS) is 15.7. The van der Waals surface area contributed by atoms with Crippen LogP contribution in [-0.2, 0) is 0 Å². The second-order valence-corrected chi connectivity index (χ2v) is 4.41. The van der Waals surface area contributed by atoms with Crippen molar-refractivity contribution in [1.82, 2.24) is 0 Å². The fourth-order valence-corrected chi connectivity index (χ4v) is 2.03. The summed E-state index contributed by atoms with van der Waals surface area (Å²) in [4.78, 5) is 1.16. The van der Waals surface area contributed by atoms with Gasteiger partial charge in [-0.15, -0.1) is 11.3 Å². The van der Waals surface area contributed by atoms with E-state index in [0.29, 0.717) is 6.42 Å². The average Bonchev–Trinajstić information content (AvgIpc) is 2.51. The molecule has 0 radical (unpaired) electrons. The minimum absolute atomic E-state index is 0.626. The van der Waals surface area contributed by atoms with Crippen LogP contribution in [0.1, 0.15) is 36.3 Å². The van der Waals surface area contributed by atoms with E-state index in [0.717, 1.165) is 16.9 Å². The van der Waals surface area contributed by atoms with Gasteiger partial charge in [-0.25, -0.2) is 0 Å². The van der Waals surface area contributed by atoms with Gasteiger partial charge in [0.05, 0.1) is 6.10 Å². The van der Waals surface area contributed by atoms with Gasteiger partial charge in [0.1, 0.15) is 6.10 Å². The van der Waals surface area contributed by atoms with Gasteiger partial charge in [0.15, 0.2) is 0 Å². The molecular formula is C10H16O2S. The molecule has 2 atom stereocenters. The molecule has 2 N–H and O–H groups in total. The molecule has 74 valence electrons. The van der Waals surface area contributed by atoms with Gasteiger partial charge >= 0.3 is 0 Å². The highest BCUT2D eigenvalue weighted by Gasteiger charge is 2.17. The lowest BCUT2D eigenvalue weighted by Gasteiger charge is -2.15. The summed E-state index contributed by atoms with van der Waals surface area (Å²) in [6, 6.07) is 1.92. The largest absolute Gasteiger partial charge is 0.390 e. The topological polar surface area (TPSA) is 40.5 Å². The van der Waals surface area contributed by atoms with Crippen LogP contribution in [-0.4, -0.2) is 16.3 Å². The van der Waals surface area contributed by atoms with Crippen molar-refractivity contribution < 1.29 is 10.2 Å². The first-order valence-electron chi connectivity index (χ1n) is 4.56. The molecule has 0 spiro atoms. The van der Waals surface area contributed by atoms with E-state index < -0.39 is 12.2 Å². The molecule has 1 heterocycles. The molecule has 2 nitrogen and oxygen atoms in total. The summed E-state index contributed by atoms with van der Waals surface area (Å²) in [6.07, 6.45) is 0.195. The number of rotatable bonds is 4. The summed E-state index contributed by atoms with van der Waals surface area (Å²) in [5.41, 5.74) is 0.837. The number of aliphatic hydroxyl groups excluding tert-OH is 2. The second-order valence-electron chi connectivity index (χ2n) is 3.29. The van der Waals surface area contributed by atoms with Crippen LogP contribution in [0.4, 0.5) is 0 Å². The highest BCUT2D eigenvalue weighted by molar-refractivity contribution is 7.10. The van der Waals surface area contributed by atoms with Gasteiger partial charge in [-0.1, -0.05) is 13.3 Å². The standard InChI is InChI=1S/C10H16O2S/c1-3-4-9(11)10(12)8-5-7(2)13-6-8/h5-6,9-12H,3-4H2,1-2H3. The Morgan fingerprint density at radius 1 is 1.46 bits per heavy atom. The highest BCUT2D eigenvalue weighted by Crippen LogP contribution is 2.24. The maximum atomic E-state index is 9.69. The van der Waals surface area contributed by atoms with Crippen molar-refractivity contribution in [3.8, 4) is 0 Å². The number of aliphatic hydroxyl groups is 2. The molecule has 0 amide bonds. The molecule has 0 aliphatic carbocycles. The van der Waals surface area contributed by atoms with Crippen LogP contribution in [0.5, 0.6) is 0 Å². The molecule has 0 bridgehead atoms. The van der Waals surface area contributed by atoms with Crippen molar-refractivity contribution in [2.24, 2.45) is 0 Å². The quantitative estimate of drug-likeness (QED) is 0.782. The molecule has 1 rings (SSSR count). The summed E-state index contributed by atoms with van der Waals surface area (Å²) in [5, 5.41) is 21.1. The van der Waals surface area contributed by atoms with Gasteiger partial charge < -0.3 is 10.2 Å². The van der Waals surface area contributed by atoms with Gasteiger partial charge in [0.2, 0.25) is 0 Å². The maximum absolute atomic E-state index is 9.69. The molecule has 3 heteroatoms. The molecule has 0 aromatic carbocycles. The van der Waals surface area contributed by atoms with Crippen molar-refractivity contribution in [2.45, 2.75) is 38.9 Å². The molecule has 0 aliphatic rings. The molecule has 0 saturated carbocycles. The van der Waals surface area contributed by atoms with Gasteiger partial charge in [0, 0.05) is 4.88 Å². The Hall–Kier alpha value is -0.380.